The monoisotopic (exact) mass is 185 g/mol. The average molecular weight is 185 g/mol. The normalized spacial score (nSPS) is 37.4. The van der Waals surface area contributed by atoms with Crippen LogP contribution in [0.15, 0.2) is 0 Å². The SMILES string of the molecule is CC1CN(CC2OCCO2)CC1C. The minimum Gasteiger partial charge on any atom is -0.349 e. The molecule has 2 aliphatic heterocycles. The van der Waals surface area contributed by atoms with Gasteiger partial charge in [-0.05, 0) is 11.8 Å². The largest absolute Gasteiger partial charge is 0.349 e. The lowest BCUT2D eigenvalue weighted by atomic mass is 10.0. The standard InChI is InChI=1S/C10H19NO2/c1-8-5-11(6-9(8)2)7-10-12-3-4-13-10/h8-10H,3-7H2,1-2H3. The van der Waals surface area contributed by atoms with Crippen LogP contribution in [0.3, 0.4) is 0 Å². The predicted octanol–water partition coefficient (Wildman–Crippen LogP) is 0.947. The van der Waals surface area contributed by atoms with Gasteiger partial charge in [-0.2, -0.15) is 0 Å². The van der Waals surface area contributed by atoms with Crippen molar-refractivity contribution in [1.29, 1.82) is 0 Å². The third-order valence-electron chi connectivity index (χ3n) is 3.16. The molecule has 2 aliphatic rings. The Morgan fingerprint density at radius 2 is 1.62 bits per heavy atom. The molecule has 0 bridgehead atoms. The van der Waals surface area contributed by atoms with E-state index < -0.39 is 0 Å². The highest BCUT2D eigenvalue weighted by atomic mass is 16.7. The molecule has 13 heavy (non-hydrogen) atoms. The van der Waals surface area contributed by atoms with E-state index in [0.29, 0.717) is 0 Å². The molecule has 3 nitrogen and oxygen atoms in total. The zero-order valence-electron chi connectivity index (χ0n) is 8.53. The third kappa shape index (κ3) is 2.22. The molecule has 2 rings (SSSR count). The first-order valence-corrected chi connectivity index (χ1v) is 5.21. The van der Waals surface area contributed by atoms with Crippen LogP contribution in [0, 0.1) is 11.8 Å². The summed E-state index contributed by atoms with van der Waals surface area (Å²) in [5, 5.41) is 0. The van der Waals surface area contributed by atoms with Crippen molar-refractivity contribution in [3.8, 4) is 0 Å². The van der Waals surface area contributed by atoms with Gasteiger partial charge in [0.15, 0.2) is 6.29 Å². The second-order valence-corrected chi connectivity index (χ2v) is 4.34. The minimum absolute atomic E-state index is 0.0394. The van der Waals surface area contributed by atoms with Crippen LogP contribution >= 0.6 is 0 Å². The summed E-state index contributed by atoms with van der Waals surface area (Å²) in [5.41, 5.74) is 0. The molecule has 2 atom stereocenters. The van der Waals surface area contributed by atoms with Crippen molar-refractivity contribution in [3.05, 3.63) is 0 Å². The zero-order valence-corrected chi connectivity index (χ0v) is 8.53. The maximum atomic E-state index is 5.42. The van der Waals surface area contributed by atoms with E-state index in [1.54, 1.807) is 0 Å². The van der Waals surface area contributed by atoms with Crippen LogP contribution in [-0.2, 0) is 9.47 Å². The van der Waals surface area contributed by atoms with Gasteiger partial charge in [0.1, 0.15) is 0 Å². The Kier molecular flexibility index (Phi) is 2.86. The highest BCUT2D eigenvalue weighted by Gasteiger charge is 2.29. The zero-order chi connectivity index (χ0) is 9.26. The van der Waals surface area contributed by atoms with Gasteiger partial charge in [0.2, 0.25) is 0 Å². The molecule has 76 valence electrons. The summed E-state index contributed by atoms with van der Waals surface area (Å²) in [6.45, 7) is 9.53. The number of ether oxygens (including phenoxy) is 2. The van der Waals surface area contributed by atoms with Gasteiger partial charge >= 0.3 is 0 Å². The molecule has 0 aromatic heterocycles. The fourth-order valence-electron chi connectivity index (χ4n) is 2.12. The van der Waals surface area contributed by atoms with Crippen molar-refractivity contribution in [1.82, 2.24) is 4.90 Å². The second kappa shape index (κ2) is 3.95. The van der Waals surface area contributed by atoms with Crippen LogP contribution in [-0.4, -0.2) is 44.0 Å². The molecular formula is C10H19NO2. The van der Waals surface area contributed by atoms with Gasteiger partial charge in [-0.15, -0.1) is 0 Å². The summed E-state index contributed by atoms with van der Waals surface area (Å²) >= 11 is 0. The summed E-state index contributed by atoms with van der Waals surface area (Å²) in [4.78, 5) is 2.45. The Morgan fingerprint density at radius 1 is 1.08 bits per heavy atom. The van der Waals surface area contributed by atoms with Crippen LogP contribution in [0.2, 0.25) is 0 Å². The van der Waals surface area contributed by atoms with Crippen molar-refractivity contribution < 1.29 is 9.47 Å². The summed E-state index contributed by atoms with van der Waals surface area (Å²) in [7, 11) is 0. The van der Waals surface area contributed by atoms with Gasteiger partial charge in [0.05, 0.1) is 13.2 Å². The molecule has 2 heterocycles. The number of hydrogen-bond acceptors (Lipinski definition) is 3. The van der Waals surface area contributed by atoms with Crippen molar-refractivity contribution in [3.63, 3.8) is 0 Å². The highest BCUT2D eigenvalue weighted by Crippen LogP contribution is 2.22. The first-order valence-electron chi connectivity index (χ1n) is 5.21. The fraction of sp³-hybridized carbons (Fsp3) is 1.00. The van der Waals surface area contributed by atoms with E-state index in [2.05, 4.69) is 18.7 Å². The van der Waals surface area contributed by atoms with Gasteiger partial charge in [0, 0.05) is 19.6 Å². The summed E-state index contributed by atoms with van der Waals surface area (Å²) < 4.78 is 10.8. The number of hydrogen-bond donors (Lipinski definition) is 0. The van der Waals surface area contributed by atoms with Crippen LogP contribution in [0.25, 0.3) is 0 Å². The smallest absolute Gasteiger partial charge is 0.170 e. The van der Waals surface area contributed by atoms with E-state index in [9.17, 15) is 0 Å². The van der Waals surface area contributed by atoms with Crippen LogP contribution in [0.4, 0.5) is 0 Å². The molecule has 0 amide bonds. The lowest BCUT2D eigenvalue weighted by molar-refractivity contribution is -0.0592. The Bertz CT molecular complexity index is 158. The lowest BCUT2D eigenvalue weighted by Gasteiger charge is -2.18. The topological polar surface area (TPSA) is 21.7 Å². The van der Waals surface area contributed by atoms with Gasteiger partial charge in [-0.3, -0.25) is 4.90 Å². The average Bonchev–Trinajstić information content (AvgIpc) is 2.64. The van der Waals surface area contributed by atoms with Crippen LogP contribution < -0.4 is 0 Å². The quantitative estimate of drug-likeness (QED) is 0.639. The first kappa shape index (κ1) is 9.44. The van der Waals surface area contributed by atoms with Crippen molar-refractivity contribution in [2.75, 3.05) is 32.8 Å². The molecule has 0 N–H and O–H groups in total. The van der Waals surface area contributed by atoms with Gasteiger partial charge in [0.25, 0.3) is 0 Å². The van der Waals surface area contributed by atoms with Crippen molar-refractivity contribution in [2.45, 2.75) is 20.1 Å². The first-order chi connectivity index (χ1) is 6.25. The van der Waals surface area contributed by atoms with Crippen molar-refractivity contribution in [2.24, 2.45) is 11.8 Å². The molecule has 0 aliphatic carbocycles. The maximum absolute atomic E-state index is 5.42. The van der Waals surface area contributed by atoms with Gasteiger partial charge in [-0.25, -0.2) is 0 Å². The maximum Gasteiger partial charge on any atom is 0.170 e. The van der Waals surface area contributed by atoms with Gasteiger partial charge < -0.3 is 9.47 Å². The molecule has 2 fully saturated rings. The minimum atomic E-state index is 0.0394. The summed E-state index contributed by atoms with van der Waals surface area (Å²) in [6.07, 6.45) is 0.0394. The van der Waals surface area contributed by atoms with E-state index in [1.807, 2.05) is 0 Å². The molecule has 2 saturated heterocycles. The second-order valence-electron chi connectivity index (χ2n) is 4.34. The van der Waals surface area contributed by atoms with E-state index in [4.69, 9.17) is 9.47 Å². The Morgan fingerprint density at radius 3 is 2.15 bits per heavy atom. The molecule has 2 unspecified atom stereocenters. The molecule has 0 aromatic carbocycles. The van der Waals surface area contributed by atoms with E-state index in [1.165, 1.54) is 13.1 Å². The Hall–Kier alpha value is -0.120. The lowest BCUT2D eigenvalue weighted by Crippen LogP contribution is -2.31. The van der Waals surface area contributed by atoms with E-state index >= 15 is 0 Å². The molecule has 0 saturated carbocycles. The van der Waals surface area contributed by atoms with Crippen LogP contribution in [0.1, 0.15) is 13.8 Å². The number of rotatable bonds is 2. The number of likely N-dealkylation sites (tertiary alicyclic amines) is 1. The molecular weight excluding hydrogens is 166 g/mol. The summed E-state index contributed by atoms with van der Waals surface area (Å²) in [5.74, 6) is 1.64. The fourth-order valence-corrected chi connectivity index (χ4v) is 2.12. The van der Waals surface area contributed by atoms with E-state index in [0.717, 1.165) is 31.6 Å². The van der Waals surface area contributed by atoms with Gasteiger partial charge in [-0.1, -0.05) is 13.8 Å². The van der Waals surface area contributed by atoms with E-state index in [-0.39, 0.29) is 6.29 Å². The van der Waals surface area contributed by atoms with Crippen LogP contribution in [0.5, 0.6) is 0 Å². The molecule has 3 heteroatoms. The van der Waals surface area contributed by atoms with Crippen molar-refractivity contribution >= 4 is 0 Å². The number of nitrogens with zero attached hydrogens (tertiary/aromatic N) is 1. The summed E-state index contributed by atoms with van der Waals surface area (Å²) in [6, 6.07) is 0. The Labute approximate surface area is 80.0 Å². The molecule has 0 spiro atoms. The highest BCUT2D eigenvalue weighted by molar-refractivity contribution is 4.79. The molecule has 0 radical (unpaired) electrons. The third-order valence-corrected chi connectivity index (χ3v) is 3.16. The predicted molar refractivity (Wildman–Crippen MR) is 50.5 cm³/mol. The molecule has 0 aromatic rings. The Balaban J connectivity index is 1.76.